The zero-order chi connectivity index (χ0) is 18.1. The summed E-state index contributed by atoms with van der Waals surface area (Å²) in [7, 11) is 2.01. The number of hydrogen-bond donors (Lipinski definition) is 1. The number of aromatic nitrogens is 3. The van der Waals surface area contributed by atoms with E-state index in [1.165, 1.54) is 4.57 Å². The Morgan fingerprint density at radius 1 is 1.04 bits per heavy atom. The maximum Gasteiger partial charge on any atom is 0.261 e. The number of hydrogen-bond acceptors (Lipinski definition) is 3. The Balaban J connectivity index is 1.87. The van der Waals surface area contributed by atoms with Gasteiger partial charge in [-0.05, 0) is 30.4 Å². The van der Waals surface area contributed by atoms with E-state index >= 15 is 0 Å². The van der Waals surface area contributed by atoms with Crippen molar-refractivity contribution >= 4 is 34.0 Å². The first-order valence-electron chi connectivity index (χ1n) is 8.51. The molecule has 2 aromatic carbocycles. The number of nitrogens with zero attached hydrogens (tertiary/aromatic N) is 3. The first kappa shape index (κ1) is 16.3. The van der Waals surface area contributed by atoms with Gasteiger partial charge in [-0.25, -0.2) is 4.98 Å². The van der Waals surface area contributed by atoms with Gasteiger partial charge < -0.3 is 9.67 Å². The summed E-state index contributed by atoms with van der Waals surface area (Å²) in [4.78, 5) is 17.4. The van der Waals surface area contributed by atoms with Crippen molar-refractivity contribution in [3.63, 3.8) is 0 Å². The van der Waals surface area contributed by atoms with Crippen LogP contribution in [0.25, 0.3) is 34.0 Å². The smallest absolute Gasteiger partial charge is 0.261 e. The van der Waals surface area contributed by atoms with E-state index in [0.717, 1.165) is 16.5 Å². The summed E-state index contributed by atoms with van der Waals surface area (Å²) in [5.41, 5.74) is 2.72. The third kappa shape index (κ3) is 2.72. The highest BCUT2D eigenvalue weighted by molar-refractivity contribution is 5.92. The van der Waals surface area contributed by atoms with Crippen molar-refractivity contribution in [3.05, 3.63) is 76.5 Å². The van der Waals surface area contributed by atoms with Crippen LogP contribution in [0.1, 0.15) is 11.4 Å². The Kier molecular flexibility index (Phi) is 4.14. The van der Waals surface area contributed by atoms with Crippen molar-refractivity contribution in [2.75, 3.05) is 6.61 Å². The third-order valence-electron chi connectivity index (χ3n) is 4.55. The molecule has 4 aromatic rings. The first-order chi connectivity index (χ1) is 12.7. The molecule has 0 spiro atoms. The van der Waals surface area contributed by atoms with Gasteiger partial charge in [0.2, 0.25) is 0 Å². The Hall–Kier alpha value is -3.18. The maximum atomic E-state index is 12.7. The van der Waals surface area contributed by atoms with Crippen LogP contribution in [0.15, 0.2) is 59.5 Å². The number of rotatable bonds is 4. The zero-order valence-corrected chi connectivity index (χ0v) is 14.5. The molecule has 0 aliphatic carbocycles. The fourth-order valence-corrected chi connectivity index (χ4v) is 3.30. The molecular weight excluding hydrogens is 326 g/mol. The quantitative estimate of drug-likeness (QED) is 0.618. The molecular formula is C21H19N3O2. The number of aliphatic hydroxyl groups excluding tert-OH is 1. The van der Waals surface area contributed by atoms with Gasteiger partial charge in [0.05, 0.1) is 24.1 Å². The van der Waals surface area contributed by atoms with E-state index in [9.17, 15) is 9.90 Å². The normalized spacial score (nSPS) is 11.8. The van der Waals surface area contributed by atoms with E-state index in [0.29, 0.717) is 16.7 Å². The molecule has 0 amide bonds. The molecule has 0 saturated heterocycles. The summed E-state index contributed by atoms with van der Waals surface area (Å²) in [6, 6.07) is 15.4. The van der Waals surface area contributed by atoms with Gasteiger partial charge in [0.1, 0.15) is 5.82 Å². The predicted molar refractivity (Wildman–Crippen MR) is 105 cm³/mol. The van der Waals surface area contributed by atoms with Gasteiger partial charge in [0.25, 0.3) is 5.56 Å². The fraction of sp³-hybridized carbons (Fsp3) is 0.143. The van der Waals surface area contributed by atoms with Crippen LogP contribution in [0, 0.1) is 0 Å². The summed E-state index contributed by atoms with van der Waals surface area (Å²) in [6.07, 6.45) is 5.86. The lowest BCUT2D eigenvalue weighted by atomic mass is 10.1. The van der Waals surface area contributed by atoms with Crippen molar-refractivity contribution in [1.82, 2.24) is 14.1 Å². The molecule has 0 aliphatic heterocycles. The molecule has 2 heterocycles. The molecule has 4 rings (SSSR count). The molecule has 5 nitrogen and oxygen atoms in total. The van der Waals surface area contributed by atoms with E-state index in [2.05, 4.69) is 27.9 Å². The highest BCUT2D eigenvalue weighted by Gasteiger charge is 2.09. The monoisotopic (exact) mass is 345 g/mol. The van der Waals surface area contributed by atoms with E-state index in [-0.39, 0.29) is 18.7 Å². The highest BCUT2D eigenvalue weighted by Crippen LogP contribution is 2.22. The van der Waals surface area contributed by atoms with Crippen LogP contribution in [0.3, 0.4) is 0 Å². The third-order valence-corrected chi connectivity index (χ3v) is 4.55. The van der Waals surface area contributed by atoms with Gasteiger partial charge in [-0.1, -0.05) is 30.3 Å². The summed E-state index contributed by atoms with van der Waals surface area (Å²) in [5, 5.41) is 11.1. The molecule has 5 heteroatoms. The number of benzene rings is 2. The standard InChI is InChI=1S/C21H19N3O2/c1-23-14-15(16-6-3-5-9-19(16)23)10-11-20-22-18-8-4-2-7-17(18)21(26)24(20)12-13-25/h2-11,14,25H,12-13H2,1H3/b11-10+. The topological polar surface area (TPSA) is 60.0 Å². The second-order valence-electron chi connectivity index (χ2n) is 6.21. The Bertz CT molecular complexity index is 1190. The van der Waals surface area contributed by atoms with Crippen LogP contribution in [0.4, 0.5) is 0 Å². The van der Waals surface area contributed by atoms with Crippen LogP contribution >= 0.6 is 0 Å². The Labute approximate surface area is 150 Å². The molecule has 0 fully saturated rings. The summed E-state index contributed by atoms with van der Waals surface area (Å²) < 4.78 is 3.59. The largest absolute Gasteiger partial charge is 0.395 e. The fourth-order valence-electron chi connectivity index (χ4n) is 3.30. The average Bonchev–Trinajstić information content (AvgIpc) is 2.99. The Morgan fingerprint density at radius 2 is 1.77 bits per heavy atom. The Morgan fingerprint density at radius 3 is 2.58 bits per heavy atom. The highest BCUT2D eigenvalue weighted by atomic mass is 16.3. The number of para-hydroxylation sites is 2. The minimum absolute atomic E-state index is 0.116. The van der Waals surface area contributed by atoms with Crippen molar-refractivity contribution in [3.8, 4) is 0 Å². The van der Waals surface area contributed by atoms with Crippen LogP contribution in [0.5, 0.6) is 0 Å². The van der Waals surface area contributed by atoms with E-state index in [1.807, 2.05) is 49.5 Å². The SMILES string of the molecule is Cn1cc(/C=C/c2nc3ccccc3c(=O)n2CCO)c2ccccc21. The second kappa shape index (κ2) is 6.61. The number of aryl methyl sites for hydroxylation is 1. The molecule has 0 aliphatic rings. The van der Waals surface area contributed by atoms with Crippen LogP contribution in [-0.4, -0.2) is 25.8 Å². The van der Waals surface area contributed by atoms with E-state index in [4.69, 9.17) is 0 Å². The lowest BCUT2D eigenvalue weighted by molar-refractivity contribution is 0.273. The molecule has 0 saturated carbocycles. The molecule has 130 valence electrons. The van der Waals surface area contributed by atoms with Crippen molar-refractivity contribution in [1.29, 1.82) is 0 Å². The number of aliphatic hydroxyl groups is 1. The molecule has 26 heavy (non-hydrogen) atoms. The van der Waals surface area contributed by atoms with Crippen LogP contribution in [-0.2, 0) is 13.6 Å². The van der Waals surface area contributed by atoms with Crippen molar-refractivity contribution < 1.29 is 5.11 Å². The summed E-state index contributed by atoms with van der Waals surface area (Å²) in [6.45, 7) is 0.0981. The zero-order valence-electron chi connectivity index (χ0n) is 14.5. The molecule has 0 unspecified atom stereocenters. The molecule has 1 N–H and O–H groups in total. The van der Waals surface area contributed by atoms with Crippen molar-refractivity contribution in [2.24, 2.45) is 7.05 Å². The summed E-state index contributed by atoms with van der Waals surface area (Å²) in [5.74, 6) is 0.538. The molecule has 0 radical (unpaired) electrons. The van der Waals surface area contributed by atoms with E-state index < -0.39 is 0 Å². The summed E-state index contributed by atoms with van der Waals surface area (Å²) >= 11 is 0. The average molecular weight is 345 g/mol. The minimum Gasteiger partial charge on any atom is -0.395 e. The van der Waals surface area contributed by atoms with Gasteiger partial charge >= 0.3 is 0 Å². The molecule has 2 aromatic heterocycles. The first-order valence-corrected chi connectivity index (χ1v) is 8.51. The molecule has 0 atom stereocenters. The minimum atomic E-state index is -0.137. The van der Waals surface area contributed by atoms with Gasteiger partial charge in [-0.2, -0.15) is 0 Å². The van der Waals surface area contributed by atoms with Crippen LogP contribution in [0.2, 0.25) is 0 Å². The van der Waals surface area contributed by atoms with Gasteiger partial charge in [0.15, 0.2) is 0 Å². The predicted octanol–water partition coefficient (Wildman–Crippen LogP) is 3.05. The van der Waals surface area contributed by atoms with Gasteiger partial charge in [-0.3, -0.25) is 9.36 Å². The van der Waals surface area contributed by atoms with Crippen LogP contribution < -0.4 is 5.56 Å². The van der Waals surface area contributed by atoms with Gasteiger partial charge in [-0.15, -0.1) is 0 Å². The van der Waals surface area contributed by atoms with E-state index in [1.54, 1.807) is 6.07 Å². The lowest BCUT2D eigenvalue weighted by Gasteiger charge is -2.09. The molecule has 0 bridgehead atoms. The lowest BCUT2D eigenvalue weighted by Crippen LogP contribution is -2.25. The maximum absolute atomic E-state index is 12.7. The van der Waals surface area contributed by atoms with Crippen molar-refractivity contribution in [2.45, 2.75) is 6.54 Å². The number of fused-ring (bicyclic) bond motifs is 2. The second-order valence-corrected chi connectivity index (χ2v) is 6.21. The van der Waals surface area contributed by atoms with Gasteiger partial charge in [0, 0.05) is 29.7 Å².